The number of aromatic nitrogens is 2. The molecule has 1 unspecified atom stereocenters. The van der Waals surface area contributed by atoms with Crippen molar-refractivity contribution in [1.82, 2.24) is 20.0 Å². The number of likely N-dealkylation sites (tertiary alicyclic amines) is 1. The van der Waals surface area contributed by atoms with Crippen LogP contribution in [0.3, 0.4) is 0 Å². The Hall–Kier alpha value is -2.74. The first-order chi connectivity index (χ1) is 13.8. The van der Waals surface area contributed by atoms with E-state index in [9.17, 15) is 14.9 Å². The summed E-state index contributed by atoms with van der Waals surface area (Å²) >= 11 is 0. The molecule has 1 saturated heterocycles. The van der Waals surface area contributed by atoms with Crippen molar-refractivity contribution in [2.45, 2.75) is 39.7 Å². The number of nitro groups is 1. The van der Waals surface area contributed by atoms with E-state index in [1.54, 1.807) is 23.0 Å². The third-order valence-corrected chi connectivity index (χ3v) is 5.70. The Morgan fingerprint density at radius 1 is 1.28 bits per heavy atom. The molecular formula is C21H29N5O3. The monoisotopic (exact) mass is 399 g/mol. The largest absolute Gasteiger partial charge is 0.350 e. The normalized spacial score (nSPS) is 16.7. The molecule has 1 N–H and O–H groups in total. The molecule has 0 bridgehead atoms. The topological polar surface area (TPSA) is 93.3 Å². The molecule has 2 aromatic rings. The SMILES string of the molecule is CC1CCN(C(CNC(=O)c2cnn(-c3ccc([N+](=O)[O-])cc3)c2)C(C)C)CC1. The van der Waals surface area contributed by atoms with Crippen LogP contribution in [0.2, 0.25) is 0 Å². The molecule has 1 fully saturated rings. The quantitative estimate of drug-likeness (QED) is 0.570. The number of nitrogens with zero attached hydrogens (tertiary/aromatic N) is 4. The van der Waals surface area contributed by atoms with Crippen molar-refractivity contribution in [1.29, 1.82) is 0 Å². The third-order valence-electron chi connectivity index (χ3n) is 5.70. The van der Waals surface area contributed by atoms with Gasteiger partial charge in [0.2, 0.25) is 0 Å². The first kappa shape index (κ1) is 21.0. The number of nitro benzene ring substituents is 1. The van der Waals surface area contributed by atoms with E-state index in [0.717, 1.165) is 19.0 Å². The summed E-state index contributed by atoms with van der Waals surface area (Å²) in [5, 5.41) is 18.0. The van der Waals surface area contributed by atoms with Gasteiger partial charge in [-0.3, -0.25) is 19.8 Å². The highest BCUT2D eigenvalue weighted by atomic mass is 16.6. The Labute approximate surface area is 171 Å². The minimum absolute atomic E-state index is 0.0192. The van der Waals surface area contributed by atoms with Crippen LogP contribution in [0, 0.1) is 22.0 Å². The zero-order valence-corrected chi connectivity index (χ0v) is 17.2. The van der Waals surface area contributed by atoms with Gasteiger partial charge in [0.1, 0.15) is 0 Å². The summed E-state index contributed by atoms with van der Waals surface area (Å²) in [5.74, 6) is 1.07. The highest BCUT2D eigenvalue weighted by Crippen LogP contribution is 2.21. The number of carbonyl (C=O) groups excluding carboxylic acids is 1. The molecule has 8 nitrogen and oxygen atoms in total. The van der Waals surface area contributed by atoms with E-state index in [-0.39, 0.29) is 11.6 Å². The van der Waals surface area contributed by atoms with Gasteiger partial charge in [0.25, 0.3) is 11.6 Å². The first-order valence-corrected chi connectivity index (χ1v) is 10.2. The van der Waals surface area contributed by atoms with Crippen molar-refractivity contribution >= 4 is 11.6 Å². The van der Waals surface area contributed by atoms with Gasteiger partial charge < -0.3 is 5.32 Å². The van der Waals surface area contributed by atoms with Crippen molar-refractivity contribution in [2.75, 3.05) is 19.6 Å². The Bertz CT molecular complexity index is 838. The van der Waals surface area contributed by atoms with E-state index < -0.39 is 4.92 Å². The van der Waals surface area contributed by atoms with Crippen LogP contribution < -0.4 is 5.32 Å². The molecule has 29 heavy (non-hydrogen) atoms. The van der Waals surface area contributed by atoms with Gasteiger partial charge in [-0.05, 0) is 49.9 Å². The van der Waals surface area contributed by atoms with Crippen LogP contribution >= 0.6 is 0 Å². The van der Waals surface area contributed by atoms with Gasteiger partial charge in [-0.15, -0.1) is 0 Å². The van der Waals surface area contributed by atoms with Gasteiger partial charge in [-0.2, -0.15) is 5.10 Å². The second kappa shape index (κ2) is 9.17. The Morgan fingerprint density at radius 3 is 2.52 bits per heavy atom. The molecule has 2 heterocycles. The van der Waals surface area contributed by atoms with Gasteiger partial charge in [0.05, 0.1) is 22.4 Å². The molecule has 1 aromatic heterocycles. The second-order valence-corrected chi connectivity index (χ2v) is 8.19. The van der Waals surface area contributed by atoms with E-state index in [1.165, 1.54) is 31.2 Å². The molecule has 0 aliphatic carbocycles. The summed E-state index contributed by atoms with van der Waals surface area (Å²) < 4.78 is 1.55. The molecule has 8 heteroatoms. The number of non-ortho nitro benzene ring substituents is 1. The summed E-state index contributed by atoms with van der Waals surface area (Å²) in [6, 6.07) is 6.38. The fraction of sp³-hybridized carbons (Fsp3) is 0.524. The maximum Gasteiger partial charge on any atom is 0.269 e. The predicted octanol–water partition coefficient (Wildman–Crippen LogP) is 3.27. The number of rotatable bonds is 7. The van der Waals surface area contributed by atoms with Gasteiger partial charge in [0, 0.05) is 30.9 Å². The average Bonchev–Trinajstić information content (AvgIpc) is 3.19. The number of nitrogens with one attached hydrogen (secondary N) is 1. The molecule has 1 aliphatic heterocycles. The van der Waals surface area contributed by atoms with Crippen molar-refractivity contribution in [3.8, 4) is 5.69 Å². The molecule has 0 spiro atoms. The molecule has 1 aliphatic rings. The number of amides is 1. The lowest BCUT2D eigenvalue weighted by Gasteiger charge is -2.38. The number of benzene rings is 1. The number of carbonyl (C=O) groups is 1. The van der Waals surface area contributed by atoms with Crippen LogP contribution in [-0.4, -0.2) is 51.2 Å². The van der Waals surface area contributed by atoms with Crippen molar-refractivity contribution < 1.29 is 9.72 Å². The number of hydrogen-bond acceptors (Lipinski definition) is 5. The molecule has 156 valence electrons. The molecule has 0 saturated carbocycles. The molecule has 3 rings (SSSR count). The van der Waals surface area contributed by atoms with Gasteiger partial charge in [-0.25, -0.2) is 4.68 Å². The summed E-state index contributed by atoms with van der Waals surface area (Å²) in [6.45, 7) is 9.46. The summed E-state index contributed by atoms with van der Waals surface area (Å²) in [4.78, 5) is 25.4. The van der Waals surface area contributed by atoms with E-state index in [1.807, 2.05) is 0 Å². The zero-order valence-electron chi connectivity index (χ0n) is 17.2. The van der Waals surface area contributed by atoms with E-state index in [0.29, 0.717) is 29.8 Å². The lowest BCUT2D eigenvalue weighted by atomic mass is 9.94. The fourth-order valence-electron chi connectivity index (χ4n) is 3.75. The van der Waals surface area contributed by atoms with E-state index in [2.05, 4.69) is 36.1 Å². The summed E-state index contributed by atoms with van der Waals surface area (Å²) in [6.07, 6.45) is 5.57. The Balaban J connectivity index is 1.61. The van der Waals surface area contributed by atoms with Gasteiger partial charge in [0.15, 0.2) is 0 Å². The van der Waals surface area contributed by atoms with Crippen molar-refractivity contribution in [2.24, 2.45) is 11.8 Å². The molecule has 1 atom stereocenters. The standard InChI is InChI=1S/C21H29N5O3/c1-15(2)20(24-10-8-16(3)9-11-24)13-22-21(27)17-12-23-25(14-17)18-4-6-19(7-5-18)26(28)29/h4-7,12,14-16,20H,8-11,13H2,1-3H3,(H,22,27). The van der Waals surface area contributed by atoms with Crippen LogP contribution in [0.25, 0.3) is 5.69 Å². The van der Waals surface area contributed by atoms with Crippen molar-refractivity contribution in [3.63, 3.8) is 0 Å². The number of piperidine rings is 1. The van der Waals surface area contributed by atoms with E-state index in [4.69, 9.17) is 0 Å². The van der Waals surface area contributed by atoms with Crippen LogP contribution in [0.1, 0.15) is 44.0 Å². The minimum Gasteiger partial charge on any atom is -0.350 e. The summed E-state index contributed by atoms with van der Waals surface area (Å²) in [5.41, 5.74) is 1.15. The highest BCUT2D eigenvalue weighted by Gasteiger charge is 2.26. The van der Waals surface area contributed by atoms with Gasteiger partial charge >= 0.3 is 0 Å². The van der Waals surface area contributed by atoms with Gasteiger partial charge in [-0.1, -0.05) is 20.8 Å². The van der Waals surface area contributed by atoms with Crippen LogP contribution in [0.4, 0.5) is 5.69 Å². The molecule has 0 radical (unpaired) electrons. The molecule has 1 amide bonds. The second-order valence-electron chi connectivity index (χ2n) is 8.19. The maximum atomic E-state index is 12.6. The highest BCUT2D eigenvalue weighted by molar-refractivity contribution is 5.93. The van der Waals surface area contributed by atoms with Crippen LogP contribution in [0.15, 0.2) is 36.7 Å². The fourth-order valence-corrected chi connectivity index (χ4v) is 3.75. The van der Waals surface area contributed by atoms with Crippen LogP contribution in [-0.2, 0) is 0 Å². The average molecular weight is 399 g/mol. The Morgan fingerprint density at radius 2 is 1.93 bits per heavy atom. The van der Waals surface area contributed by atoms with Crippen molar-refractivity contribution in [3.05, 3.63) is 52.3 Å². The first-order valence-electron chi connectivity index (χ1n) is 10.2. The molecule has 1 aromatic carbocycles. The van der Waals surface area contributed by atoms with Crippen LogP contribution in [0.5, 0.6) is 0 Å². The predicted molar refractivity (Wildman–Crippen MR) is 111 cm³/mol. The smallest absolute Gasteiger partial charge is 0.269 e. The van der Waals surface area contributed by atoms with E-state index >= 15 is 0 Å². The lowest BCUT2D eigenvalue weighted by molar-refractivity contribution is -0.384. The number of hydrogen-bond donors (Lipinski definition) is 1. The zero-order chi connectivity index (χ0) is 21.0. The Kier molecular flexibility index (Phi) is 6.64. The molecular weight excluding hydrogens is 370 g/mol. The summed E-state index contributed by atoms with van der Waals surface area (Å²) in [7, 11) is 0. The maximum absolute atomic E-state index is 12.6. The lowest BCUT2D eigenvalue weighted by Crippen LogP contribution is -2.49. The minimum atomic E-state index is -0.445. The third kappa shape index (κ3) is 5.20.